The van der Waals surface area contributed by atoms with Gasteiger partial charge in [-0.3, -0.25) is 4.40 Å². The fourth-order valence-corrected chi connectivity index (χ4v) is 2.31. The number of hydrogen-bond donors (Lipinski definition) is 0. The molecule has 2 aromatic heterocycles. The van der Waals surface area contributed by atoms with Crippen molar-refractivity contribution in [3.63, 3.8) is 0 Å². The van der Waals surface area contributed by atoms with Crippen LogP contribution in [0.5, 0.6) is 0 Å². The lowest BCUT2D eigenvalue weighted by molar-refractivity contribution is 0.628. The highest BCUT2D eigenvalue weighted by molar-refractivity contribution is 9.10. The van der Waals surface area contributed by atoms with Crippen molar-refractivity contribution in [2.45, 2.75) is 6.92 Å². The number of nitrogens with zero attached hydrogens (tertiary/aromatic N) is 3. The molecule has 0 saturated carbocycles. The molecule has 0 fully saturated rings. The summed E-state index contributed by atoms with van der Waals surface area (Å²) in [5.74, 6) is 0.347. The number of halogens is 2. The molecule has 1 aromatic carbocycles. The Labute approximate surface area is 111 Å². The molecule has 90 valence electrons. The fourth-order valence-electron chi connectivity index (χ4n) is 2.00. The van der Waals surface area contributed by atoms with Gasteiger partial charge in [-0.1, -0.05) is 12.1 Å². The van der Waals surface area contributed by atoms with Crippen LogP contribution in [0, 0.1) is 12.7 Å². The predicted octanol–water partition coefficient (Wildman–Crippen LogP) is 3.61. The van der Waals surface area contributed by atoms with Crippen LogP contribution in [0.15, 0.2) is 41.1 Å². The van der Waals surface area contributed by atoms with Crippen molar-refractivity contribution in [1.29, 1.82) is 0 Å². The molecule has 3 aromatic rings. The summed E-state index contributed by atoms with van der Waals surface area (Å²) in [6, 6.07) is 6.48. The van der Waals surface area contributed by atoms with E-state index in [0.717, 1.165) is 21.4 Å². The summed E-state index contributed by atoms with van der Waals surface area (Å²) in [6.07, 6.45) is 3.57. The van der Waals surface area contributed by atoms with E-state index in [1.807, 2.05) is 23.6 Å². The van der Waals surface area contributed by atoms with E-state index in [4.69, 9.17) is 0 Å². The number of hydrogen-bond acceptors (Lipinski definition) is 2. The van der Waals surface area contributed by atoms with Crippen molar-refractivity contribution in [3.05, 3.63) is 52.6 Å². The molecule has 0 N–H and O–H groups in total. The molecular weight excluding hydrogens is 297 g/mol. The van der Waals surface area contributed by atoms with Crippen molar-refractivity contribution in [2.24, 2.45) is 0 Å². The second kappa shape index (κ2) is 4.17. The summed E-state index contributed by atoms with van der Waals surface area (Å²) in [5, 5.41) is 0. The summed E-state index contributed by atoms with van der Waals surface area (Å²) in [4.78, 5) is 8.59. The van der Waals surface area contributed by atoms with Crippen LogP contribution in [-0.4, -0.2) is 14.4 Å². The minimum Gasteiger partial charge on any atom is -0.282 e. The van der Waals surface area contributed by atoms with Crippen LogP contribution in [0.3, 0.4) is 0 Å². The zero-order valence-electron chi connectivity index (χ0n) is 9.56. The van der Waals surface area contributed by atoms with Crippen LogP contribution in [0.4, 0.5) is 4.39 Å². The maximum atomic E-state index is 13.3. The van der Waals surface area contributed by atoms with Crippen LogP contribution >= 0.6 is 15.9 Å². The second-order valence-corrected chi connectivity index (χ2v) is 4.91. The Morgan fingerprint density at radius 2 is 2.17 bits per heavy atom. The molecule has 0 saturated heterocycles. The quantitative estimate of drug-likeness (QED) is 0.687. The first kappa shape index (κ1) is 11.3. The van der Waals surface area contributed by atoms with Gasteiger partial charge in [0.15, 0.2) is 0 Å². The van der Waals surface area contributed by atoms with E-state index in [2.05, 4.69) is 25.9 Å². The third kappa shape index (κ3) is 1.80. The Hall–Kier alpha value is -1.75. The van der Waals surface area contributed by atoms with E-state index in [0.29, 0.717) is 5.78 Å². The van der Waals surface area contributed by atoms with Gasteiger partial charge in [-0.05, 0) is 35.0 Å². The lowest BCUT2D eigenvalue weighted by Gasteiger charge is -2.03. The zero-order valence-corrected chi connectivity index (χ0v) is 11.1. The summed E-state index contributed by atoms with van der Waals surface area (Å²) in [5.41, 5.74) is 2.48. The van der Waals surface area contributed by atoms with Gasteiger partial charge in [0.1, 0.15) is 5.82 Å². The standard InChI is InChI=1S/C13H9BrFN3/c1-8-12(9-3-2-4-11(15)5-9)18-7-10(14)6-16-13(18)17-8/h2-7H,1H3. The molecule has 0 amide bonds. The van der Waals surface area contributed by atoms with Gasteiger partial charge < -0.3 is 0 Å². The van der Waals surface area contributed by atoms with Crippen molar-refractivity contribution in [3.8, 4) is 11.3 Å². The van der Waals surface area contributed by atoms with Crippen molar-refractivity contribution in [2.75, 3.05) is 0 Å². The van der Waals surface area contributed by atoms with E-state index in [9.17, 15) is 4.39 Å². The molecule has 0 spiro atoms. The first-order valence-electron chi connectivity index (χ1n) is 5.41. The van der Waals surface area contributed by atoms with Crippen molar-refractivity contribution < 1.29 is 4.39 Å². The topological polar surface area (TPSA) is 30.2 Å². The highest BCUT2D eigenvalue weighted by Crippen LogP contribution is 2.25. The number of aryl methyl sites for hydroxylation is 1. The smallest absolute Gasteiger partial charge is 0.234 e. The minimum absolute atomic E-state index is 0.259. The molecule has 0 atom stereocenters. The monoisotopic (exact) mass is 305 g/mol. The van der Waals surface area contributed by atoms with Gasteiger partial charge in [-0.25, -0.2) is 14.4 Å². The lowest BCUT2D eigenvalue weighted by atomic mass is 10.1. The van der Waals surface area contributed by atoms with E-state index in [1.165, 1.54) is 12.1 Å². The van der Waals surface area contributed by atoms with Crippen LogP contribution in [-0.2, 0) is 0 Å². The molecular formula is C13H9BrFN3. The molecule has 0 bridgehead atoms. The van der Waals surface area contributed by atoms with E-state index < -0.39 is 0 Å². The summed E-state index contributed by atoms with van der Waals surface area (Å²) in [7, 11) is 0. The van der Waals surface area contributed by atoms with Gasteiger partial charge in [0.2, 0.25) is 5.78 Å². The first-order valence-corrected chi connectivity index (χ1v) is 6.20. The number of rotatable bonds is 1. The van der Waals surface area contributed by atoms with Crippen LogP contribution in [0.1, 0.15) is 5.69 Å². The molecule has 0 unspecified atom stereocenters. The minimum atomic E-state index is -0.259. The molecule has 0 aliphatic carbocycles. The predicted molar refractivity (Wildman–Crippen MR) is 70.8 cm³/mol. The van der Waals surface area contributed by atoms with Gasteiger partial charge in [-0.2, -0.15) is 0 Å². The van der Waals surface area contributed by atoms with E-state index in [1.54, 1.807) is 12.3 Å². The summed E-state index contributed by atoms with van der Waals surface area (Å²) >= 11 is 3.38. The van der Waals surface area contributed by atoms with Gasteiger partial charge in [0, 0.05) is 18.0 Å². The van der Waals surface area contributed by atoms with Gasteiger partial charge in [-0.15, -0.1) is 0 Å². The van der Waals surface area contributed by atoms with Gasteiger partial charge >= 0.3 is 0 Å². The normalized spacial score (nSPS) is 11.1. The maximum absolute atomic E-state index is 13.3. The average molecular weight is 306 g/mol. The number of benzene rings is 1. The van der Waals surface area contributed by atoms with Gasteiger partial charge in [0.25, 0.3) is 0 Å². The average Bonchev–Trinajstić information content (AvgIpc) is 2.64. The Morgan fingerprint density at radius 1 is 1.33 bits per heavy atom. The highest BCUT2D eigenvalue weighted by atomic mass is 79.9. The second-order valence-electron chi connectivity index (χ2n) is 4.00. The lowest BCUT2D eigenvalue weighted by Crippen LogP contribution is -1.91. The fraction of sp³-hybridized carbons (Fsp3) is 0.0769. The van der Waals surface area contributed by atoms with Crippen LogP contribution < -0.4 is 0 Å². The molecule has 0 aliphatic rings. The molecule has 2 heterocycles. The van der Waals surface area contributed by atoms with E-state index >= 15 is 0 Å². The van der Waals surface area contributed by atoms with Gasteiger partial charge in [0.05, 0.1) is 15.9 Å². The van der Waals surface area contributed by atoms with E-state index in [-0.39, 0.29) is 5.82 Å². The number of aromatic nitrogens is 3. The largest absolute Gasteiger partial charge is 0.282 e. The highest BCUT2D eigenvalue weighted by Gasteiger charge is 2.12. The third-order valence-electron chi connectivity index (χ3n) is 2.72. The molecule has 5 heteroatoms. The number of imidazole rings is 1. The molecule has 3 rings (SSSR count). The molecule has 18 heavy (non-hydrogen) atoms. The molecule has 0 radical (unpaired) electrons. The number of fused-ring (bicyclic) bond motifs is 1. The SMILES string of the molecule is Cc1nc2ncc(Br)cn2c1-c1cccc(F)c1. The Balaban J connectivity index is 2.34. The van der Waals surface area contributed by atoms with Crippen LogP contribution in [0.25, 0.3) is 17.0 Å². The molecule has 3 nitrogen and oxygen atoms in total. The van der Waals surface area contributed by atoms with Crippen molar-refractivity contribution in [1.82, 2.24) is 14.4 Å². The Bertz CT molecular complexity index is 736. The van der Waals surface area contributed by atoms with Crippen LogP contribution in [0.2, 0.25) is 0 Å². The summed E-state index contributed by atoms with van der Waals surface area (Å²) in [6.45, 7) is 1.89. The first-order chi connectivity index (χ1) is 8.65. The molecule has 0 aliphatic heterocycles. The summed E-state index contributed by atoms with van der Waals surface area (Å²) < 4.78 is 16.0. The third-order valence-corrected chi connectivity index (χ3v) is 3.13. The Kier molecular flexibility index (Phi) is 2.63. The van der Waals surface area contributed by atoms with Crippen molar-refractivity contribution >= 4 is 21.7 Å². The Morgan fingerprint density at radius 3 is 2.94 bits per heavy atom. The zero-order chi connectivity index (χ0) is 12.7. The maximum Gasteiger partial charge on any atom is 0.234 e.